The molecule has 0 unspecified atom stereocenters. The zero-order valence-electron chi connectivity index (χ0n) is 35.0. The van der Waals surface area contributed by atoms with Gasteiger partial charge in [-0.15, -0.1) is 0 Å². The third-order valence-corrected chi connectivity index (χ3v) is 12.9. The molecule has 1 heteroatoms. The first-order valence-corrected chi connectivity index (χ1v) is 21.6. The standard InChI is InChI=1S/C61H45N/c1-61(2)57-31-11-9-25-53(57)56-30-16-28-52(60(56)61)48-23-13-24-50(41-48)62(49-39-37-45(38-40-49)44-35-33-43(34-36-44)42-17-5-3-6-18-42)58-32-12-10-26-54(58)55-29-15-22-47-21-14-27-51(59(47)55)46-19-7-4-8-20-46/h3-41H,1-2H3. The van der Waals surface area contributed by atoms with Gasteiger partial charge in [0.25, 0.3) is 0 Å². The van der Waals surface area contributed by atoms with Crippen molar-refractivity contribution in [2.24, 2.45) is 0 Å². The molecule has 1 nitrogen and oxygen atoms in total. The van der Waals surface area contributed by atoms with Crippen molar-refractivity contribution in [3.63, 3.8) is 0 Å². The van der Waals surface area contributed by atoms with Crippen molar-refractivity contribution in [1.82, 2.24) is 0 Å². The fourth-order valence-corrected chi connectivity index (χ4v) is 9.94. The molecule has 11 rings (SSSR count). The fraction of sp³-hybridized carbons (Fsp3) is 0.0492. The van der Waals surface area contributed by atoms with Gasteiger partial charge in [-0.25, -0.2) is 0 Å². The van der Waals surface area contributed by atoms with Crippen LogP contribution in [-0.4, -0.2) is 0 Å². The fourth-order valence-electron chi connectivity index (χ4n) is 9.94. The topological polar surface area (TPSA) is 3.24 Å². The Hall–Kier alpha value is -7.74. The van der Waals surface area contributed by atoms with Crippen LogP contribution in [0.3, 0.4) is 0 Å². The molecule has 0 heterocycles. The first-order valence-electron chi connectivity index (χ1n) is 21.6. The Morgan fingerprint density at radius 3 is 1.50 bits per heavy atom. The molecular weight excluding hydrogens is 747 g/mol. The number of hydrogen-bond donors (Lipinski definition) is 0. The van der Waals surface area contributed by atoms with E-state index < -0.39 is 0 Å². The molecule has 0 radical (unpaired) electrons. The number of anilines is 3. The smallest absolute Gasteiger partial charge is 0.0540 e. The lowest BCUT2D eigenvalue weighted by Gasteiger charge is -2.29. The molecule has 10 aromatic rings. The van der Waals surface area contributed by atoms with Gasteiger partial charge in [0.1, 0.15) is 0 Å². The van der Waals surface area contributed by atoms with Gasteiger partial charge < -0.3 is 4.90 Å². The largest absolute Gasteiger partial charge is 0.310 e. The molecule has 0 aliphatic heterocycles. The second-order valence-electron chi connectivity index (χ2n) is 16.9. The highest BCUT2D eigenvalue weighted by Crippen LogP contribution is 2.53. The average Bonchev–Trinajstić information content (AvgIpc) is 3.58. The van der Waals surface area contributed by atoms with Crippen LogP contribution >= 0.6 is 0 Å². The van der Waals surface area contributed by atoms with Gasteiger partial charge in [0.15, 0.2) is 0 Å². The molecule has 0 saturated heterocycles. The number of nitrogens with zero attached hydrogens (tertiary/aromatic N) is 1. The number of benzene rings is 10. The normalized spacial score (nSPS) is 12.5. The maximum Gasteiger partial charge on any atom is 0.0540 e. The summed E-state index contributed by atoms with van der Waals surface area (Å²) in [6, 6.07) is 86.5. The van der Waals surface area contributed by atoms with Crippen LogP contribution in [0.15, 0.2) is 237 Å². The van der Waals surface area contributed by atoms with E-state index in [-0.39, 0.29) is 5.41 Å². The van der Waals surface area contributed by atoms with Crippen LogP contribution < -0.4 is 4.90 Å². The van der Waals surface area contributed by atoms with Crippen molar-refractivity contribution < 1.29 is 0 Å². The molecule has 294 valence electrons. The first kappa shape index (κ1) is 37.3. The van der Waals surface area contributed by atoms with E-state index in [1.807, 2.05) is 0 Å². The predicted molar refractivity (Wildman–Crippen MR) is 263 cm³/mol. The number of hydrogen-bond acceptors (Lipinski definition) is 1. The number of para-hydroxylation sites is 1. The van der Waals surface area contributed by atoms with Crippen molar-refractivity contribution in [3.05, 3.63) is 248 Å². The zero-order chi connectivity index (χ0) is 41.6. The van der Waals surface area contributed by atoms with Gasteiger partial charge in [-0.3, -0.25) is 0 Å². The van der Waals surface area contributed by atoms with E-state index in [0.29, 0.717) is 0 Å². The molecule has 62 heavy (non-hydrogen) atoms. The summed E-state index contributed by atoms with van der Waals surface area (Å²) in [5, 5.41) is 2.47. The summed E-state index contributed by atoms with van der Waals surface area (Å²) in [4.78, 5) is 2.45. The second kappa shape index (κ2) is 15.4. The summed E-state index contributed by atoms with van der Waals surface area (Å²) in [7, 11) is 0. The zero-order valence-corrected chi connectivity index (χ0v) is 35.0. The quantitative estimate of drug-likeness (QED) is 0.148. The maximum absolute atomic E-state index is 2.45. The monoisotopic (exact) mass is 791 g/mol. The van der Waals surface area contributed by atoms with E-state index in [2.05, 4.69) is 255 Å². The van der Waals surface area contributed by atoms with Gasteiger partial charge in [0.05, 0.1) is 5.69 Å². The molecule has 0 bridgehead atoms. The minimum atomic E-state index is -0.134. The summed E-state index contributed by atoms with van der Waals surface area (Å²) < 4.78 is 0. The summed E-state index contributed by atoms with van der Waals surface area (Å²) in [6.07, 6.45) is 0. The Morgan fingerprint density at radius 1 is 0.306 bits per heavy atom. The van der Waals surface area contributed by atoms with Crippen molar-refractivity contribution in [2.75, 3.05) is 4.90 Å². The molecule has 0 fully saturated rings. The summed E-state index contributed by atoms with van der Waals surface area (Å²) in [6.45, 7) is 4.75. The van der Waals surface area contributed by atoms with E-state index in [4.69, 9.17) is 0 Å². The van der Waals surface area contributed by atoms with Crippen LogP contribution in [0.25, 0.3) is 77.5 Å². The van der Waals surface area contributed by atoms with Crippen molar-refractivity contribution in [1.29, 1.82) is 0 Å². The number of rotatable bonds is 8. The summed E-state index contributed by atoms with van der Waals surface area (Å²) in [5.41, 5.74) is 20.7. The lowest BCUT2D eigenvalue weighted by atomic mass is 9.79. The maximum atomic E-state index is 2.45. The van der Waals surface area contributed by atoms with Crippen LogP contribution in [0.4, 0.5) is 17.1 Å². The van der Waals surface area contributed by atoms with Crippen LogP contribution in [-0.2, 0) is 5.41 Å². The molecule has 0 N–H and O–H groups in total. The minimum absolute atomic E-state index is 0.134. The third kappa shape index (κ3) is 6.42. The van der Waals surface area contributed by atoms with Crippen LogP contribution in [0.1, 0.15) is 25.0 Å². The lowest BCUT2D eigenvalue weighted by molar-refractivity contribution is 0.662. The van der Waals surface area contributed by atoms with Crippen molar-refractivity contribution in [2.45, 2.75) is 19.3 Å². The van der Waals surface area contributed by atoms with Gasteiger partial charge in [0, 0.05) is 22.4 Å². The first-order chi connectivity index (χ1) is 30.5. The van der Waals surface area contributed by atoms with Gasteiger partial charge in [-0.05, 0) is 113 Å². The van der Waals surface area contributed by atoms with Crippen LogP contribution in [0.5, 0.6) is 0 Å². The Kier molecular flexibility index (Phi) is 9.24. The molecule has 0 spiro atoms. The second-order valence-corrected chi connectivity index (χ2v) is 16.9. The Balaban J connectivity index is 1.08. The number of fused-ring (bicyclic) bond motifs is 4. The van der Waals surface area contributed by atoms with Gasteiger partial charge >= 0.3 is 0 Å². The van der Waals surface area contributed by atoms with Gasteiger partial charge in [-0.1, -0.05) is 220 Å². The van der Waals surface area contributed by atoms with E-state index in [9.17, 15) is 0 Å². The Morgan fingerprint density at radius 2 is 0.790 bits per heavy atom. The van der Waals surface area contributed by atoms with E-state index >= 15 is 0 Å². The lowest BCUT2D eigenvalue weighted by Crippen LogP contribution is -2.16. The highest BCUT2D eigenvalue weighted by Gasteiger charge is 2.37. The molecule has 1 aliphatic carbocycles. The summed E-state index contributed by atoms with van der Waals surface area (Å²) in [5.74, 6) is 0. The molecular formula is C61H45N. The average molecular weight is 792 g/mol. The Bertz CT molecular complexity index is 3230. The van der Waals surface area contributed by atoms with Gasteiger partial charge in [0.2, 0.25) is 0 Å². The minimum Gasteiger partial charge on any atom is -0.310 e. The van der Waals surface area contributed by atoms with Crippen LogP contribution in [0, 0.1) is 0 Å². The third-order valence-electron chi connectivity index (χ3n) is 12.9. The highest BCUT2D eigenvalue weighted by molar-refractivity contribution is 6.09. The summed E-state index contributed by atoms with van der Waals surface area (Å²) >= 11 is 0. The van der Waals surface area contributed by atoms with E-state index in [1.165, 1.54) is 88.7 Å². The molecule has 0 saturated carbocycles. The molecule has 1 aliphatic rings. The van der Waals surface area contributed by atoms with Crippen molar-refractivity contribution in [3.8, 4) is 66.8 Å². The molecule has 0 amide bonds. The highest BCUT2D eigenvalue weighted by atomic mass is 15.1. The SMILES string of the molecule is CC1(C)c2ccccc2-c2cccc(-c3cccc(N(c4ccc(-c5ccc(-c6ccccc6)cc5)cc4)c4ccccc4-c4cccc5cccc(-c6ccccc6)c45)c3)c21. The van der Waals surface area contributed by atoms with Gasteiger partial charge in [-0.2, -0.15) is 0 Å². The predicted octanol–water partition coefficient (Wildman–Crippen LogP) is 17.0. The van der Waals surface area contributed by atoms with Crippen LogP contribution in [0.2, 0.25) is 0 Å². The van der Waals surface area contributed by atoms with E-state index in [0.717, 1.165) is 17.1 Å². The van der Waals surface area contributed by atoms with Crippen molar-refractivity contribution >= 4 is 27.8 Å². The molecule has 10 aromatic carbocycles. The molecule has 0 atom stereocenters. The Labute approximate surface area is 364 Å². The molecule has 0 aromatic heterocycles. The van der Waals surface area contributed by atoms with E-state index in [1.54, 1.807) is 0 Å².